The molecular formula is C12H12BrFO2. The lowest BCUT2D eigenvalue weighted by molar-refractivity contribution is -0.144. The quantitative estimate of drug-likeness (QED) is 0.781. The van der Waals surface area contributed by atoms with Crippen LogP contribution in [0.1, 0.15) is 18.9 Å². The SMILES string of the molecule is COC(=O)C1(c2cc(Br)ccc2F)CC1C. The molecule has 86 valence electrons. The topological polar surface area (TPSA) is 26.3 Å². The van der Waals surface area contributed by atoms with Crippen molar-refractivity contribution >= 4 is 21.9 Å². The molecule has 2 unspecified atom stereocenters. The molecule has 16 heavy (non-hydrogen) atoms. The third-order valence-corrected chi connectivity index (χ3v) is 3.76. The van der Waals surface area contributed by atoms with Gasteiger partial charge in [0.1, 0.15) is 5.82 Å². The van der Waals surface area contributed by atoms with Crippen molar-refractivity contribution in [3.05, 3.63) is 34.1 Å². The predicted molar refractivity (Wildman–Crippen MR) is 61.6 cm³/mol. The van der Waals surface area contributed by atoms with Crippen molar-refractivity contribution in [2.24, 2.45) is 5.92 Å². The molecular weight excluding hydrogens is 275 g/mol. The van der Waals surface area contributed by atoms with Crippen molar-refractivity contribution in [1.82, 2.24) is 0 Å². The lowest BCUT2D eigenvalue weighted by Gasteiger charge is -2.15. The summed E-state index contributed by atoms with van der Waals surface area (Å²) < 4.78 is 19.3. The summed E-state index contributed by atoms with van der Waals surface area (Å²) in [4.78, 5) is 11.8. The van der Waals surface area contributed by atoms with Gasteiger partial charge in [-0.05, 0) is 30.5 Å². The lowest BCUT2D eigenvalue weighted by Crippen LogP contribution is -2.25. The standard InChI is InChI=1S/C12H12BrFO2/c1-7-6-12(7,11(15)16-2)9-5-8(13)3-4-10(9)14/h3-5,7H,6H2,1-2H3. The van der Waals surface area contributed by atoms with Gasteiger partial charge in [0.15, 0.2) is 0 Å². The first-order valence-electron chi connectivity index (χ1n) is 5.06. The van der Waals surface area contributed by atoms with E-state index in [2.05, 4.69) is 15.9 Å². The van der Waals surface area contributed by atoms with Gasteiger partial charge in [-0.2, -0.15) is 0 Å². The van der Waals surface area contributed by atoms with Crippen LogP contribution < -0.4 is 0 Å². The maximum absolute atomic E-state index is 13.7. The summed E-state index contributed by atoms with van der Waals surface area (Å²) in [6.07, 6.45) is 0.646. The second-order valence-corrected chi connectivity index (χ2v) is 5.11. The van der Waals surface area contributed by atoms with Crippen LogP contribution in [0.15, 0.2) is 22.7 Å². The summed E-state index contributed by atoms with van der Waals surface area (Å²) in [6.45, 7) is 1.93. The maximum Gasteiger partial charge on any atom is 0.316 e. The Morgan fingerprint density at radius 1 is 1.62 bits per heavy atom. The van der Waals surface area contributed by atoms with Gasteiger partial charge in [-0.1, -0.05) is 22.9 Å². The molecule has 2 rings (SSSR count). The van der Waals surface area contributed by atoms with Crippen LogP contribution in [0.4, 0.5) is 4.39 Å². The summed E-state index contributed by atoms with van der Waals surface area (Å²) in [5.74, 6) is -0.571. The van der Waals surface area contributed by atoms with Crippen molar-refractivity contribution in [3.63, 3.8) is 0 Å². The molecule has 0 aliphatic heterocycles. The molecule has 0 spiro atoms. The van der Waals surface area contributed by atoms with E-state index in [0.29, 0.717) is 12.0 Å². The number of esters is 1. The number of benzene rings is 1. The lowest BCUT2D eigenvalue weighted by atomic mass is 9.93. The molecule has 1 saturated carbocycles. The van der Waals surface area contributed by atoms with Crippen LogP contribution >= 0.6 is 15.9 Å². The minimum absolute atomic E-state index is 0.128. The van der Waals surface area contributed by atoms with Crippen molar-refractivity contribution in [1.29, 1.82) is 0 Å². The highest BCUT2D eigenvalue weighted by atomic mass is 79.9. The average Bonchev–Trinajstić information content (AvgIpc) is 2.94. The number of rotatable bonds is 2. The van der Waals surface area contributed by atoms with Crippen molar-refractivity contribution in [2.45, 2.75) is 18.8 Å². The van der Waals surface area contributed by atoms with Crippen molar-refractivity contribution < 1.29 is 13.9 Å². The van der Waals surface area contributed by atoms with Gasteiger partial charge in [-0.15, -0.1) is 0 Å². The monoisotopic (exact) mass is 286 g/mol. The Labute approximate surface area is 102 Å². The molecule has 2 nitrogen and oxygen atoms in total. The summed E-state index contributed by atoms with van der Waals surface area (Å²) in [6, 6.07) is 4.65. The fourth-order valence-electron chi connectivity index (χ4n) is 2.22. The van der Waals surface area contributed by atoms with E-state index in [1.165, 1.54) is 13.2 Å². The molecule has 0 saturated heterocycles. The van der Waals surface area contributed by atoms with E-state index in [4.69, 9.17) is 4.74 Å². The van der Waals surface area contributed by atoms with E-state index in [1.807, 2.05) is 6.92 Å². The molecule has 1 aliphatic carbocycles. The molecule has 1 fully saturated rings. The molecule has 2 atom stereocenters. The zero-order chi connectivity index (χ0) is 11.9. The van der Waals surface area contributed by atoms with Gasteiger partial charge < -0.3 is 4.74 Å². The highest BCUT2D eigenvalue weighted by Crippen LogP contribution is 2.55. The van der Waals surface area contributed by atoms with Gasteiger partial charge >= 0.3 is 5.97 Å². The second kappa shape index (κ2) is 3.84. The first kappa shape index (κ1) is 11.6. The molecule has 0 aromatic heterocycles. The highest BCUT2D eigenvalue weighted by molar-refractivity contribution is 9.10. The van der Waals surface area contributed by atoms with Gasteiger partial charge in [-0.25, -0.2) is 4.39 Å². The van der Waals surface area contributed by atoms with E-state index in [-0.39, 0.29) is 17.7 Å². The summed E-state index contributed by atoms with van der Waals surface area (Å²) in [5.41, 5.74) is -0.343. The largest absolute Gasteiger partial charge is 0.468 e. The number of hydrogen-bond acceptors (Lipinski definition) is 2. The number of halogens is 2. The Kier molecular flexibility index (Phi) is 2.78. The van der Waals surface area contributed by atoms with Crippen molar-refractivity contribution in [2.75, 3.05) is 7.11 Å². The van der Waals surface area contributed by atoms with E-state index in [0.717, 1.165) is 4.47 Å². The number of hydrogen-bond donors (Lipinski definition) is 0. The van der Waals surface area contributed by atoms with Crippen molar-refractivity contribution in [3.8, 4) is 0 Å². The summed E-state index contributed by atoms with van der Waals surface area (Å²) in [5, 5.41) is 0. The van der Waals surface area contributed by atoms with Gasteiger partial charge in [0.2, 0.25) is 0 Å². The fraction of sp³-hybridized carbons (Fsp3) is 0.417. The van der Waals surface area contributed by atoms with Gasteiger partial charge in [0.25, 0.3) is 0 Å². The highest BCUT2D eigenvalue weighted by Gasteiger charge is 2.60. The average molecular weight is 287 g/mol. The molecule has 4 heteroatoms. The Hall–Kier alpha value is -0.900. The third kappa shape index (κ3) is 1.56. The molecule has 0 N–H and O–H groups in total. The molecule has 1 aliphatic rings. The van der Waals surface area contributed by atoms with Crippen LogP contribution in [0.3, 0.4) is 0 Å². The minimum atomic E-state index is -0.775. The summed E-state index contributed by atoms with van der Waals surface area (Å²) in [7, 11) is 1.34. The Morgan fingerprint density at radius 2 is 2.25 bits per heavy atom. The van der Waals surface area contributed by atoms with Gasteiger partial charge in [-0.3, -0.25) is 4.79 Å². The van der Waals surface area contributed by atoms with E-state index in [1.54, 1.807) is 12.1 Å². The Balaban J connectivity index is 2.50. The number of carbonyl (C=O) groups excluding carboxylic acids is 1. The molecule has 0 radical (unpaired) electrons. The Bertz CT molecular complexity index is 447. The van der Waals surface area contributed by atoms with Crippen LogP contribution in [-0.4, -0.2) is 13.1 Å². The first-order valence-corrected chi connectivity index (χ1v) is 5.85. The third-order valence-electron chi connectivity index (χ3n) is 3.27. The van der Waals surface area contributed by atoms with Gasteiger partial charge in [0, 0.05) is 10.0 Å². The zero-order valence-corrected chi connectivity index (χ0v) is 10.7. The number of ether oxygens (including phenoxy) is 1. The van der Waals surface area contributed by atoms with E-state index >= 15 is 0 Å². The van der Waals surface area contributed by atoms with Crippen LogP contribution in [0.5, 0.6) is 0 Å². The van der Waals surface area contributed by atoms with E-state index < -0.39 is 5.41 Å². The normalized spacial score (nSPS) is 27.6. The number of methoxy groups -OCH3 is 1. The smallest absolute Gasteiger partial charge is 0.316 e. The predicted octanol–water partition coefficient (Wildman–Crippen LogP) is 3.04. The van der Waals surface area contributed by atoms with Crippen LogP contribution in [-0.2, 0) is 14.9 Å². The van der Waals surface area contributed by atoms with Crippen LogP contribution in [0.25, 0.3) is 0 Å². The Morgan fingerprint density at radius 3 is 2.75 bits per heavy atom. The van der Waals surface area contributed by atoms with E-state index in [9.17, 15) is 9.18 Å². The van der Waals surface area contributed by atoms with Crippen LogP contribution in [0, 0.1) is 11.7 Å². The first-order chi connectivity index (χ1) is 7.52. The summed E-state index contributed by atoms with van der Waals surface area (Å²) >= 11 is 3.29. The molecule has 1 aromatic rings. The maximum atomic E-state index is 13.7. The zero-order valence-electron chi connectivity index (χ0n) is 9.09. The fourth-order valence-corrected chi connectivity index (χ4v) is 2.58. The second-order valence-electron chi connectivity index (χ2n) is 4.19. The number of carbonyl (C=O) groups is 1. The van der Waals surface area contributed by atoms with Crippen LogP contribution in [0.2, 0.25) is 0 Å². The van der Waals surface area contributed by atoms with Gasteiger partial charge in [0.05, 0.1) is 12.5 Å². The molecule has 1 aromatic carbocycles. The minimum Gasteiger partial charge on any atom is -0.468 e. The molecule has 0 heterocycles. The molecule has 0 amide bonds. The molecule has 0 bridgehead atoms.